The maximum Gasteiger partial charge on any atom is 0.194 e. The van der Waals surface area contributed by atoms with Crippen LogP contribution >= 0.6 is 0 Å². The fourth-order valence-corrected chi connectivity index (χ4v) is 3.68. The van der Waals surface area contributed by atoms with E-state index in [1.54, 1.807) is 0 Å². The Morgan fingerprint density at radius 2 is 2.12 bits per heavy atom. The van der Waals surface area contributed by atoms with Crippen LogP contribution in [-0.4, -0.2) is 55.9 Å². The van der Waals surface area contributed by atoms with E-state index in [1.807, 2.05) is 13.8 Å². The third-order valence-electron chi connectivity index (χ3n) is 5.16. The first kappa shape index (κ1) is 19.2. The van der Waals surface area contributed by atoms with E-state index in [9.17, 15) is 0 Å². The van der Waals surface area contributed by atoms with Gasteiger partial charge >= 0.3 is 0 Å². The Labute approximate surface area is 156 Å². The number of aryl methyl sites for hydroxylation is 2. The van der Waals surface area contributed by atoms with Crippen LogP contribution in [0.1, 0.15) is 49.7 Å². The molecular formula is C20H33N3O3. The number of likely N-dealkylation sites (tertiary alicyclic amines) is 1. The van der Waals surface area contributed by atoms with Gasteiger partial charge in [-0.3, -0.25) is 0 Å². The molecule has 3 heterocycles. The van der Waals surface area contributed by atoms with Gasteiger partial charge in [-0.2, -0.15) is 0 Å². The van der Waals surface area contributed by atoms with Crippen LogP contribution in [0.2, 0.25) is 0 Å². The summed E-state index contributed by atoms with van der Waals surface area (Å²) in [7, 11) is 0. The first-order valence-electron chi connectivity index (χ1n) is 9.98. The minimum atomic E-state index is 0.313. The van der Waals surface area contributed by atoms with Gasteiger partial charge in [0, 0.05) is 31.8 Å². The molecule has 2 saturated heterocycles. The zero-order valence-electron chi connectivity index (χ0n) is 16.4. The summed E-state index contributed by atoms with van der Waals surface area (Å²) in [6.45, 7) is 11.2. The highest BCUT2D eigenvalue weighted by Gasteiger charge is 2.24. The van der Waals surface area contributed by atoms with Gasteiger partial charge in [0.05, 0.1) is 25.4 Å². The molecule has 1 aromatic rings. The van der Waals surface area contributed by atoms with Crippen molar-refractivity contribution < 1.29 is 13.9 Å². The molecule has 1 atom stereocenters. The van der Waals surface area contributed by atoms with E-state index in [-0.39, 0.29) is 0 Å². The highest BCUT2D eigenvalue weighted by Crippen LogP contribution is 2.19. The van der Waals surface area contributed by atoms with E-state index in [1.165, 1.54) is 6.42 Å². The van der Waals surface area contributed by atoms with E-state index in [0.29, 0.717) is 18.8 Å². The predicted molar refractivity (Wildman–Crippen MR) is 103 cm³/mol. The predicted octanol–water partition coefficient (Wildman–Crippen LogP) is 3.02. The van der Waals surface area contributed by atoms with E-state index in [4.69, 9.17) is 18.9 Å². The molecule has 1 unspecified atom stereocenters. The maximum atomic E-state index is 6.08. The number of hydrogen-bond acceptors (Lipinski definition) is 4. The second-order valence-corrected chi connectivity index (χ2v) is 7.26. The summed E-state index contributed by atoms with van der Waals surface area (Å²) in [5.74, 6) is 2.90. The van der Waals surface area contributed by atoms with Gasteiger partial charge in [-0.05, 0) is 52.5 Å². The number of piperidine rings is 1. The standard InChI is InChI=1S/C20H33N3O3/c1-4-21-20(22-13-17-12-15(2)26-16(17)3)23-9-7-18(8-10-23)25-14-19-6-5-11-24-19/h12,18-19H,4-11,13-14H2,1-3H3,(H,21,22). The summed E-state index contributed by atoms with van der Waals surface area (Å²) in [5, 5.41) is 3.42. The zero-order valence-corrected chi connectivity index (χ0v) is 16.4. The molecule has 0 aliphatic carbocycles. The van der Waals surface area contributed by atoms with Gasteiger partial charge in [-0.25, -0.2) is 4.99 Å². The van der Waals surface area contributed by atoms with Gasteiger partial charge in [-0.15, -0.1) is 0 Å². The van der Waals surface area contributed by atoms with E-state index < -0.39 is 0 Å². The van der Waals surface area contributed by atoms with Crippen LogP contribution in [0.5, 0.6) is 0 Å². The molecular weight excluding hydrogens is 330 g/mol. The molecule has 0 aromatic carbocycles. The third kappa shape index (κ3) is 5.24. The number of ether oxygens (including phenoxy) is 2. The number of furan rings is 1. The summed E-state index contributed by atoms with van der Waals surface area (Å²) in [5.41, 5.74) is 1.16. The number of aliphatic imine (C=N–C) groups is 1. The van der Waals surface area contributed by atoms with Gasteiger partial charge in [0.25, 0.3) is 0 Å². The average Bonchev–Trinajstić information content (AvgIpc) is 3.27. The smallest absolute Gasteiger partial charge is 0.194 e. The monoisotopic (exact) mass is 363 g/mol. The van der Waals surface area contributed by atoms with E-state index in [2.05, 4.69) is 23.2 Å². The van der Waals surface area contributed by atoms with Crippen LogP contribution in [0, 0.1) is 13.8 Å². The lowest BCUT2D eigenvalue weighted by Gasteiger charge is -2.34. The molecule has 6 heteroatoms. The van der Waals surface area contributed by atoms with Crippen molar-refractivity contribution in [2.45, 2.75) is 65.2 Å². The highest BCUT2D eigenvalue weighted by atomic mass is 16.5. The summed E-state index contributed by atoms with van der Waals surface area (Å²) in [4.78, 5) is 7.17. The highest BCUT2D eigenvalue weighted by molar-refractivity contribution is 5.80. The Hall–Kier alpha value is -1.53. The van der Waals surface area contributed by atoms with Gasteiger partial charge in [0.15, 0.2) is 5.96 Å². The minimum Gasteiger partial charge on any atom is -0.466 e. The minimum absolute atomic E-state index is 0.313. The topological polar surface area (TPSA) is 59.2 Å². The van der Waals surface area contributed by atoms with Crippen LogP contribution in [0.25, 0.3) is 0 Å². The first-order chi connectivity index (χ1) is 12.7. The van der Waals surface area contributed by atoms with Crippen molar-refractivity contribution in [3.63, 3.8) is 0 Å². The second kappa shape index (κ2) is 9.42. The molecule has 146 valence electrons. The summed E-state index contributed by atoms with van der Waals surface area (Å²) in [6.07, 6.45) is 5.06. The van der Waals surface area contributed by atoms with Crippen molar-refractivity contribution in [2.24, 2.45) is 4.99 Å². The van der Waals surface area contributed by atoms with Crippen molar-refractivity contribution in [3.8, 4) is 0 Å². The zero-order chi connectivity index (χ0) is 18.4. The quantitative estimate of drug-likeness (QED) is 0.622. The van der Waals surface area contributed by atoms with Crippen molar-refractivity contribution in [1.82, 2.24) is 10.2 Å². The fourth-order valence-electron chi connectivity index (χ4n) is 3.68. The molecule has 0 saturated carbocycles. The molecule has 2 aliphatic heterocycles. The Kier molecular flexibility index (Phi) is 6.97. The molecule has 0 radical (unpaired) electrons. The number of guanidine groups is 1. The largest absolute Gasteiger partial charge is 0.466 e. The molecule has 2 aliphatic rings. The lowest BCUT2D eigenvalue weighted by molar-refractivity contribution is -0.0367. The van der Waals surface area contributed by atoms with Crippen molar-refractivity contribution in [2.75, 3.05) is 32.8 Å². The summed E-state index contributed by atoms with van der Waals surface area (Å²) >= 11 is 0. The Morgan fingerprint density at radius 3 is 2.73 bits per heavy atom. The van der Waals surface area contributed by atoms with Crippen LogP contribution in [-0.2, 0) is 16.0 Å². The second-order valence-electron chi connectivity index (χ2n) is 7.26. The van der Waals surface area contributed by atoms with Crippen LogP contribution in [0.3, 0.4) is 0 Å². The number of nitrogens with zero attached hydrogens (tertiary/aromatic N) is 2. The van der Waals surface area contributed by atoms with Gasteiger partial charge < -0.3 is 24.1 Å². The van der Waals surface area contributed by atoms with Crippen LogP contribution in [0.4, 0.5) is 0 Å². The van der Waals surface area contributed by atoms with Crippen molar-refractivity contribution in [1.29, 1.82) is 0 Å². The van der Waals surface area contributed by atoms with Crippen molar-refractivity contribution >= 4 is 5.96 Å². The molecule has 1 aromatic heterocycles. The van der Waals surface area contributed by atoms with Gasteiger partial charge in [0.2, 0.25) is 0 Å². The van der Waals surface area contributed by atoms with Gasteiger partial charge in [-0.1, -0.05) is 0 Å². The normalized spacial score (nSPS) is 22.2. The summed E-state index contributed by atoms with van der Waals surface area (Å²) in [6, 6.07) is 2.08. The molecule has 2 fully saturated rings. The average molecular weight is 364 g/mol. The summed E-state index contributed by atoms with van der Waals surface area (Å²) < 4.78 is 17.3. The Balaban J connectivity index is 1.49. The van der Waals surface area contributed by atoms with E-state index in [0.717, 1.165) is 75.2 Å². The molecule has 0 bridgehead atoms. The maximum absolute atomic E-state index is 6.08. The van der Waals surface area contributed by atoms with Crippen molar-refractivity contribution in [3.05, 3.63) is 23.2 Å². The van der Waals surface area contributed by atoms with Crippen LogP contribution in [0.15, 0.2) is 15.5 Å². The molecule has 0 amide bonds. The molecule has 1 N–H and O–H groups in total. The SMILES string of the molecule is CCNC(=NCc1cc(C)oc1C)N1CCC(OCC2CCCO2)CC1. The lowest BCUT2D eigenvalue weighted by Crippen LogP contribution is -2.47. The molecule has 3 rings (SSSR count). The molecule has 0 spiro atoms. The lowest BCUT2D eigenvalue weighted by atomic mass is 10.1. The Bertz CT molecular complexity index is 585. The third-order valence-corrected chi connectivity index (χ3v) is 5.16. The Morgan fingerprint density at radius 1 is 1.31 bits per heavy atom. The van der Waals surface area contributed by atoms with E-state index >= 15 is 0 Å². The number of rotatable bonds is 6. The fraction of sp³-hybridized carbons (Fsp3) is 0.750. The first-order valence-corrected chi connectivity index (χ1v) is 9.98. The number of nitrogens with one attached hydrogen (secondary N) is 1. The van der Waals surface area contributed by atoms with Gasteiger partial charge in [0.1, 0.15) is 11.5 Å². The number of hydrogen-bond donors (Lipinski definition) is 1. The van der Waals surface area contributed by atoms with Crippen LogP contribution < -0.4 is 5.32 Å². The molecule has 26 heavy (non-hydrogen) atoms. The molecule has 6 nitrogen and oxygen atoms in total.